The molecule has 0 aromatic heterocycles. The minimum atomic E-state index is -0.692. The first-order valence-corrected chi connectivity index (χ1v) is 9.22. The molecule has 2 aromatic carbocycles. The highest BCUT2D eigenvalue weighted by molar-refractivity contribution is 5.96. The predicted octanol–water partition coefficient (Wildman–Crippen LogP) is 3.08. The van der Waals surface area contributed by atoms with Gasteiger partial charge in [-0.05, 0) is 31.2 Å². The summed E-state index contributed by atoms with van der Waals surface area (Å²) in [5.41, 5.74) is 1.05. The van der Waals surface area contributed by atoms with E-state index in [1.165, 1.54) is 45.6 Å². The molecule has 31 heavy (non-hydrogen) atoms. The summed E-state index contributed by atoms with van der Waals surface area (Å²) in [5.74, 6) is -0.127. The molecule has 0 aliphatic heterocycles. The van der Waals surface area contributed by atoms with Crippen LogP contribution < -0.4 is 24.8 Å². The van der Waals surface area contributed by atoms with Crippen molar-refractivity contribution in [3.63, 3.8) is 0 Å². The van der Waals surface area contributed by atoms with Crippen molar-refractivity contribution in [2.45, 2.75) is 6.92 Å². The zero-order valence-electron chi connectivity index (χ0n) is 17.6. The Labute approximate surface area is 179 Å². The summed E-state index contributed by atoms with van der Waals surface area (Å²) in [7, 11) is 4.38. The van der Waals surface area contributed by atoms with E-state index in [1.807, 2.05) is 0 Å². The normalized spacial score (nSPS) is 9.94. The molecule has 0 heterocycles. The largest absolute Gasteiger partial charge is 0.493 e. The van der Waals surface area contributed by atoms with Gasteiger partial charge in [-0.1, -0.05) is 0 Å². The molecule has 10 nitrogen and oxygen atoms in total. The Morgan fingerprint density at radius 1 is 0.806 bits per heavy atom. The first kappa shape index (κ1) is 23.3. The van der Waals surface area contributed by atoms with Gasteiger partial charge in [0.2, 0.25) is 5.75 Å². The number of rotatable bonds is 9. The van der Waals surface area contributed by atoms with Gasteiger partial charge in [-0.2, -0.15) is 0 Å². The van der Waals surface area contributed by atoms with Crippen LogP contribution in [0.3, 0.4) is 0 Å². The van der Waals surface area contributed by atoms with E-state index in [1.54, 1.807) is 19.1 Å². The van der Waals surface area contributed by atoms with Crippen molar-refractivity contribution in [3.05, 3.63) is 42.0 Å². The Morgan fingerprint density at radius 3 is 1.94 bits per heavy atom. The Bertz CT molecular complexity index is 902. The number of benzene rings is 2. The average molecular weight is 432 g/mol. The van der Waals surface area contributed by atoms with Gasteiger partial charge >= 0.3 is 12.1 Å². The van der Waals surface area contributed by atoms with Crippen LogP contribution >= 0.6 is 0 Å². The lowest BCUT2D eigenvalue weighted by atomic mass is 10.2. The monoisotopic (exact) mass is 432 g/mol. The zero-order valence-corrected chi connectivity index (χ0v) is 17.6. The van der Waals surface area contributed by atoms with E-state index in [4.69, 9.17) is 23.7 Å². The molecular weight excluding hydrogens is 408 g/mol. The topological polar surface area (TPSA) is 121 Å². The Kier molecular flexibility index (Phi) is 8.50. The van der Waals surface area contributed by atoms with Gasteiger partial charge in [0.1, 0.15) is 0 Å². The Hall–Kier alpha value is -3.95. The molecule has 0 unspecified atom stereocenters. The zero-order chi connectivity index (χ0) is 22.8. The van der Waals surface area contributed by atoms with Crippen molar-refractivity contribution in [3.8, 4) is 17.2 Å². The lowest BCUT2D eigenvalue weighted by Crippen LogP contribution is -2.21. The third-order valence-electron chi connectivity index (χ3n) is 3.93. The molecule has 2 N–H and O–H groups in total. The molecule has 0 saturated carbocycles. The van der Waals surface area contributed by atoms with Crippen LogP contribution in [0.4, 0.5) is 16.2 Å². The Morgan fingerprint density at radius 2 is 1.42 bits per heavy atom. The van der Waals surface area contributed by atoms with Crippen LogP contribution in [0.2, 0.25) is 0 Å². The standard InChI is InChI=1S/C21H24N2O8/c1-5-30-21(26)23-14-8-6-13(7-9-14)20(25)31-12-18(24)22-15-10-16(27-2)19(29-4)17(11-15)28-3/h6-11H,5,12H2,1-4H3,(H,22,24)(H,23,26). The van der Waals surface area contributed by atoms with E-state index < -0.39 is 24.6 Å². The van der Waals surface area contributed by atoms with Crippen LogP contribution in [0, 0.1) is 0 Å². The fourth-order valence-electron chi connectivity index (χ4n) is 2.54. The number of esters is 1. The fourth-order valence-corrected chi connectivity index (χ4v) is 2.54. The van der Waals surface area contributed by atoms with Crippen LogP contribution in [0.15, 0.2) is 36.4 Å². The van der Waals surface area contributed by atoms with Gasteiger partial charge in [0.25, 0.3) is 5.91 Å². The summed E-state index contributed by atoms with van der Waals surface area (Å²) in [5, 5.41) is 5.11. The van der Waals surface area contributed by atoms with Crippen molar-refractivity contribution in [1.29, 1.82) is 0 Å². The molecule has 0 saturated heterocycles. The van der Waals surface area contributed by atoms with Gasteiger partial charge in [-0.15, -0.1) is 0 Å². The van der Waals surface area contributed by atoms with Crippen molar-refractivity contribution in [2.24, 2.45) is 0 Å². The summed E-state index contributed by atoms with van der Waals surface area (Å²) in [6.07, 6.45) is -0.596. The van der Waals surface area contributed by atoms with Crippen LogP contribution in [0.5, 0.6) is 17.2 Å². The first-order chi connectivity index (χ1) is 14.9. The van der Waals surface area contributed by atoms with E-state index in [2.05, 4.69) is 10.6 Å². The van der Waals surface area contributed by atoms with Crippen molar-refractivity contribution >= 4 is 29.3 Å². The van der Waals surface area contributed by atoms with E-state index in [-0.39, 0.29) is 12.2 Å². The lowest BCUT2D eigenvalue weighted by Gasteiger charge is -2.14. The van der Waals surface area contributed by atoms with Gasteiger partial charge in [-0.3, -0.25) is 10.1 Å². The quantitative estimate of drug-likeness (QED) is 0.580. The molecule has 0 bridgehead atoms. The molecule has 0 spiro atoms. The number of ether oxygens (including phenoxy) is 5. The number of carbonyl (C=O) groups excluding carboxylic acids is 3. The molecule has 166 valence electrons. The summed E-state index contributed by atoms with van der Waals surface area (Å²) in [4.78, 5) is 35.7. The van der Waals surface area contributed by atoms with Crippen molar-refractivity contribution < 1.29 is 38.1 Å². The maximum atomic E-state index is 12.2. The highest BCUT2D eigenvalue weighted by Gasteiger charge is 2.16. The molecule has 10 heteroatoms. The second-order valence-electron chi connectivity index (χ2n) is 5.96. The van der Waals surface area contributed by atoms with Gasteiger partial charge in [0.15, 0.2) is 18.1 Å². The average Bonchev–Trinajstić information content (AvgIpc) is 2.77. The molecule has 0 radical (unpaired) electrons. The fraction of sp³-hybridized carbons (Fsp3) is 0.286. The molecule has 2 aromatic rings. The molecule has 0 atom stereocenters. The number of anilines is 2. The second-order valence-corrected chi connectivity index (χ2v) is 5.96. The van der Waals surface area contributed by atoms with E-state index in [0.717, 1.165) is 0 Å². The highest BCUT2D eigenvalue weighted by atomic mass is 16.5. The van der Waals surface area contributed by atoms with Crippen LogP contribution in [-0.2, 0) is 14.3 Å². The highest BCUT2D eigenvalue weighted by Crippen LogP contribution is 2.39. The van der Waals surface area contributed by atoms with Crippen molar-refractivity contribution in [1.82, 2.24) is 0 Å². The molecule has 2 amide bonds. The minimum Gasteiger partial charge on any atom is -0.493 e. The van der Waals surface area contributed by atoms with Gasteiger partial charge in [-0.25, -0.2) is 9.59 Å². The molecule has 0 aliphatic rings. The second kappa shape index (κ2) is 11.3. The summed E-state index contributed by atoms with van der Waals surface area (Å²) in [6, 6.07) is 9.06. The number of hydrogen-bond donors (Lipinski definition) is 2. The van der Waals surface area contributed by atoms with Gasteiger partial charge in [0.05, 0.1) is 33.5 Å². The van der Waals surface area contributed by atoms with E-state index in [0.29, 0.717) is 28.6 Å². The first-order valence-electron chi connectivity index (χ1n) is 9.22. The van der Waals surface area contributed by atoms with Crippen LogP contribution in [-0.4, -0.2) is 52.5 Å². The number of hydrogen-bond acceptors (Lipinski definition) is 8. The predicted molar refractivity (Wildman–Crippen MR) is 112 cm³/mol. The number of amides is 2. The summed E-state index contributed by atoms with van der Waals surface area (Å²) < 4.78 is 25.5. The van der Waals surface area contributed by atoms with Gasteiger partial charge < -0.3 is 29.0 Å². The molecule has 0 fully saturated rings. The lowest BCUT2D eigenvalue weighted by molar-refractivity contribution is -0.119. The van der Waals surface area contributed by atoms with Crippen LogP contribution in [0.1, 0.15) is 17.3 Å². The van der Waals surface area contributed by atoms with E-state index in [9.17, 15) is 14.4 Å². The SMILES string of the molecule is CCOC(=O)Nc1ccc(C(=O)OCC(=O)Nc2cc(OC)c(OC)c(OC)c2)cc1. The number of nitrogens with one attached hydrogen (secondary N) is 2. The molecule has 0 aliphatic carbocycles. The number of methoxy groups -OCH3 is 3. The smallest absolute Gasteiger partial charge is 0.411 e. The van der Waals surface area contributed by atoms with E-state index >= 15 is 0 Å². The maximum absolute atomic E-state index is 12.2. The Balaban J connectivity index is 1.94. The van der Waals surface area contributed by atoms with Gasteiger partial charge in [0, 0.05) is 23.5 Å². The van der Waals surface area contributed by atoms with Crippen molar-refractivity contribution in [2.75, 3.05) is 45.2 Å². The molecular formula is C21H24N2O8. The third-order valence-corrected chi connectivity index (χ3v) is 3.93. The maximum Gasteiger partial charge on any atom is 0.411 e. The minimum absolute atomic E-state index is 0.218. The molecule has 2 rings (SSSR count). The third kappa shape index (κ3) is 6.53. The van der Waals surface area contributed by atoms with Crippen LogP contribution in [0.25, 0.3) is 0 Å². The summed E-state index contributed by atoms with van der Waals surface area (Å²) >= 11 is 0. The summed E-state index contributed by atoms with van der Waals surface area (Å²) in [6.45, 7) is 1.43. The number of carbonyl (C=O) groups is 3.